The first-order valence-corrected chi connectivity index (χ1v) is 9.32. The summed E-state index contributed by atoms with van der Waals surface area (Å²) in [7, 11) is 0. The summed E-state index contributed by atoms with van der Waals surface area (Å²) >= 11 is 0. The van der Waals surface area contributed by atoms with Crippen LogP contribution in [0, 0.1) is 11.8 Å². The fourth-order valence-corrected chi connectivity index (χ4v) is 4.10. The molecule has 1 aliphatic heterocycles. The van der Waals surface area contributed by atoms with E-state index in [4.69, 9.17) is 0 Å². The number of hydrogen-bond donors (Lipinski definition) is 1. The first-order valence-electron chi connectivity index (χ1n) is 9.32. The van der Waals surface area contributed by atoms with Crippen molar-refractivity contribution in [2.45, 2.75) is 51.5 Å². The molecule has 2 aliphatic rings. The van der Waals surface area contributed by atoms with Crippen LogP contribution in [-0.4, -0.2) is 30.4 Å². The molecule has 1 atom stereocenters. The number of benzene rings is 1. The summed E-state index contributed by atoms with van der Waals surface area (Å²) < 4.78 is 0. The lowest BCUT2D eigenvalue weighted by Crippen LogP contribution is -2.28. The van der Waals surface area contributed by atoms with Crippen LogP contribution in [0.4, 0.5) is 0 Å². The molecule has 0 spiro atoms. The molecule has 3 heteroatoms. The standard InChI is InChI=1S/C20H30N2O/c23-20(14-17-6-4-5-7-17)21-12-10-19-11-13-22(16-19)15-18-8-2-1-3-9-18/h1-3,8-9,17,19H,4-7,10-16H2,(H,21,23)/t19-/m1/s1. The summed E-state index contributed by atoms with van der Waals surface area (Å²) in [5.74, 6) is 1.67. The van der Waals surface area contributed by atoms with E-state index >= 15 is 0 Å². The van der Waals surface area contributed by atoms with Gasteiger partial charge >= 0.3 is 0 Å². The number of rotatable bonds is 7. The Hall–Kier alpha value is -1.35. The second kappa shape index (κ2) is 8.49. The maximum Gasteiger partial charge on any atom is 0.220 e. The normalized spacial score (nSPS) is 22.5. The second-order valence-electron chi connectivity index (χ2n) is 7.37. The van der Waals surface area contributed by atoms with Gasteiger partial charge < -0.3 is 5.32 Å². The average Bonchev–Trinajstić information content (AvgIpc) is 3.21. The molecule has 3 nitrogen and oxygen atoms in total. The number of nitrogens with one attached hydrogen (secondary N) is 1. The van der Waals surface area contributed by atoms with E-state index in [0.717, 1.165) is 31.8 Å². The summed E-state index contributed by atoms with van der Waals surface area (Å²) in [5, 5.41) is 3.14. The third-order valence-corrected chi connectivity index (χ3v) is 5.44. The molecule has 2 fully saturated rings. The van der Waals surface area contributed by atoms with E-state index in [1.54, 1.807) is 0 Å². The Balaban J connectivity index is 1.30. The van der Waals surface area contributed by atoms with Gasteiger partial charge in [0.15, 0.2) is 0 Å². The van der Waals surface area contributed by atoms with Crippen molar-refractivity contribution in [1.29, 1.82) is 0 Å². The molecule has 1 saturated carbocycles. The van der Waals surface area contributed by atoms with Crippen LogP contribution >= 0.6 is 0 Å². The highest BCUT2D eigenvalue weighted by molar-refractivity contribution is 5.76. The molecule has 0 radical (unpaired) electrons. The number of amides is 1. The van der Waals surface area contributed by atoms with Gasteiger partial charge in [-0.05, 0) is 49.6 Å². The van der Waals surface area contributed by atoms with E-state index in [-0.39, 0.29) is 5.91 Å². The molecule has 0 unspecified atom stereocenters. The zero-order valence-electron chi connectivity index (χ0n) is 14.2. The van der Waals surface area contributed by atoms with E-state index in [1.807, 2.05) is 0 Å². The van der Waals surface area contributed by atoms with E-state index < -0.39 is 0 Å². The fraction of sp³-hybridized carbons (Fsp3) is 0.650. The molecule has 1 saturated heterocycles. The minimum absolute atomic E-state index is 0.274. The van der Waals surface area contributed by atoms with Crippen molar-refractivity contribution in [2.24, 2.45) is 11.8 Å². The highest BCUT2D eigenvalue weighted by atomic mass is 16.1. The van der Waals surface area contributed by atoms with E-state index in [9.17, 15) is 4.79 Å². The van der Waals surface area contributed by atoms with Gasteiger partial charge in [0, 0.05) is 26.1 Å². The van der Waals surface area contributed by atoms with E-state index in [1.165, 1.54) is 50.8 Å². The highest BCUT2D eigenvalue weighted by Crippen LogP contribution is 2.27. The van der Waals surface area contributed by atoms with Crippen LogP contribution in [0.1, 0.15) is 50.5 Å². The maximum atomic E-state index is 12.0. The van der Waals surface area contributed by atoms with Crippen LogP contribution in [0.2, 0.25) is 0 Å². The predicted octanol–water partition coefficient (Wildman–Crippen LogP) is 3.60. The highest BCUT2D eigenvalue weighted by Gasteiger charge is 2.22. The molecule has 126 valence electrons. The van der Waals surface area contributed by atoms with Gasteiger partial charge in [0.2, 0.25) is 5.91 Å². The van der Waals surface area contributed by atoms with Crippen LogP contribution in [0.25, 0.3) is 0 Å². The molecule has 1 aromatic rings. The molecular formula is C20H30N2O. The quantitative estimate of drug-likeness (QED) is 0.834. The lowest BCUT2D eigenvalue weighted by Gasteiger charge is -2.16. The van der Waals surface area contributed by atoms with Gasteiger partial charge in [-0.2, -0.15) is 0 Å². The molecule has 1 N–H and O–H groups in total. The molecule has 0 aromatic heterocycles. The van der Waals surface area contributed by atoms with Crippen LogP contribution in [-0.2, 0) is 11.3 Å². The molecule has 1 aromatic carbocycles. The number of hydrogen-bond acceptors (Lipinski definition) is 2. The number of carbonyl (C=O) groups excluding carboxylic acids is 1. The maximum absolute atomic E-state index is 12.0. The zero-order valence-corrected chi connectivity index (χ0v) is 14.2. The van der Waals surface area contributed by atoms with Crippen molar-refractivity contribution in [3.05, 3.63) is 35.9 Å². The summed E-state index contributed by atoms with van der Waals surface area (Å²) in [6.07, 6.45) is 8.29. The number of nitrogens with zero attached hydrogens (tertiary/aromatic N) is 1. The van der Waals surface area contributed by atoms with Gasteiger partial charge in [0.1, 0.15) is 0 Å². The Labute approximate surface area is 140 Å². The van der Waals surface area contributed by atoms with Crippen LogP contribution < -0.4 is 5.32 Å². The topological polar surface area (TPSA) is 32.3 Å². The van der Waals surface area contributed by atoms with Crippen LogP contribution in [0.3, 0.4) is 0 Å². The molecule has 1 aliphatic carbocycles. The summed E-state index contributed by atoms with van der Waals surface area (Å²) in [4.78, 5) is 14.5. The van der Waals surface area contributed by atoms with Crippen molar-refractivity contribution in [2.75, 3.05) is 19.6 Å². The van der Waals surface area contributed by atoms with Crippen LogP contribution in [0.5, 0.6) is 0 Å². The minimum Gasteiger partial charge on any atom is -0.356 e. The third-order valence-electron chi connectivity index (χ3n) is 5.44. The van der Waals surface area contributed by atoms with Crippen molar-refractivity contribution in [3.63, 3.8) is 0 Å². The van der Waals surface area contributed by atoms with Gasteiger partial charge in [-0.1, -0.05) is 43.2 Å². The number of carbonyl (C=O) groups is 1. The molecule has 3 rings (SSSR count). The zero-order chi connectivity index (χ0) is 15.9. The summed E-state index contributed by atoms with van der Waals surface area (Å²) in [6.45, 7) is 4.28. The van der Waals surface area contributed by atoms with Gasteiger partial charge in [0.05, 0.1) is 0 Å². The van der Waals surface area contributed by atoms with Gasteiger partial charge in [0.25, 0.3) is 0 Å². The predicted molar refractivity (Wildman–Crippen MR) is 94.0 cm³/mol. The van der Waals surface area contributed by atoms with E-state index in [0.29, 0.717) is 5.92 Å². The average molecular weight is 314 g/mol. The SMILES string of the molecule is O=C(CC1CCCC1)NCC[C@@H]1CCN(Cc2ccccc2)C1. The number of likely N-dealkylation sites (tertiary alicyclic amines) is 1. The molecule has 23 heavy (non-hydrogen) atoms. The fourth-order valence-electron chi connectivity index (χ4n) is 4.10. The minimum atomic E-state index is 0.274. The molecular weight excluding hydrogens is 284 g/mol. The van der Waals surface area contributed by atoms with Gasteiger partial charge in [-0.25, -0.2) is 0 Å². The molecule has 0 bridgehead atoms. The van der Waals surface area contributed by atoms with Gasteiger partial charge in [-0.15, -0.1) is 0 Å². The summed E-state index contributed by atoms with van der Waals surface area (Å²) in [5.41, 5.74) is 1.40. The van der Waals surface area contributed by atoms with Gasteiger partial charge in [-0.3, -0.25) is 9.69 Å². The third kappa shape index (κ3) is 5.35. The Bertz CT molecular complexity index is 482. The Kier molecular flexibility index (Phi) is 6.09. The first kappa shape index (κ1) is 16.5. The van der Waals surface area contributed by atoms with Crippen molar-refractivity contribution in [1.82, 2.24) is 10.2 Å². The molecule has 1 heterocycles. The van der Waals surface area contributed by atoms with Crippen molar-refractivity contribution in [3.8, 4) is 0 Å². The molecule has 1 amide bonds. The first-order chi connectivity index (χ1) is 11.3. The monoisotopic (exact) mass is 314 g/mol. The Morgan fingerprint density at radius 3 is 2.65 bits per heavy atom. The van der Waals surface area contributed by atoms with Crippen LogP contribution in [0.15, 0.2) is 30.3 Å². The van der Waals surface area contributed by atoms with Crippen molar-refractivity contribution >= 4 is 5.91 Å². The van der Waals surface area contributed by atoms with Crippen molar-refractivity contribution < 1.29 is 4.79 Å². The lowest BCUT2D eigenvalue weighted by atomic mass is 10.0. The summed E-state index contributed by atoms with van der Waals surface area (Å²) in [6, 6.07) is 10.7. The second-order valence-corrected chi connectivity index (χ2v) is 7.37. The Morgan fingerprint density at radius 1 is 1.09 bits per heavy atom. The smallest absolute Gasteiger partial charge is 0.220 e. The largest absolute Gasteiger partial charge is 0.356 e. The lowest BCUT2D eigenvalue weighted by molar-refractivity contribution is -0.122. The Morgan fingerprint density at radius 2 is 1.87 bits per heavy atom. The van der Waals surface area contributed by atoms with E-state index in [2.05, 4.69) is 40.5 Å².